The molecule has 1 amide bonds. The summed E-state index contributed by atoms with van der Waals surface area (Å²) in [6.45, 7) is 12.5. The number of anilines is 2. The van der Waals surface area contributed by atoms with E-state index in [1.165, 1.54) is 5.56 Å². The summed E-state index contributed by atoms with van der Waals surface area (Å²) in [5.41, 5.74) is 3.18. The average Bonchev–Trinajstić information content (AvgIpc) is 2.53. The van der Waals surface area contributed by atoms with Crippen molar-refractivity contribution in [2.45, 2.75) is 59.4 Å². The number of aromatic nitrogens is 2. The molecule has 1 unspecified atom stereocenters. The van der Waals surface area contributed by atoms with Gasteiger partial charge in [0.1, 0.15) is 5.69 Å². The third-order valence-corrected chi connectivity index (χ3v) is 4.08. The van der Waals surface area contributed by atoms with Crippen molar-refractivity contribution in [1.29, 1.82) is 0 Å². The van der Waals surface area contributed by atoms with Crippen LogP contribution >= 0.6 is 0 Å². The van der Waals surface area contributed by atoms with Crippen LogP contribution in [-0.2, 0) is 5.41 Å². The quantitative estimate of drug-likeness (QED) is 0.838. The highest BCUT2D eigenvalue weighted by molar-refractivity contribution is 6.03. The summed E-state index contributed by atoms with van der Waals surface area (Å²) in [5, 5.41) is 6.11. The highest BCUT2D eigenvalue weighted by Gasteiger charge is 2.15. The SMILES string of the molecule is CCC(C)Nc1nc(C)cc(C(=O)Nc2ccc(C(C)(C)C)cc2)n1. The Morgan fingerprint density at radius 2 is 1.80 bits per heavy atom. The molecule has 5 nitrogen and oxygen atoms in total. The van der Waals surface area contributed by atoms with E-state index in [-0.39, 0.29) is 17.4 Å². The highest BCUT2D eigenvalue weighted by atomic mass is 16.1. The van der Waals surface area contributed by atoms with Gasteiger partial charge in [-0.15, -0.1) is 0 Å². The van der Waals surface area contributed by atoms with Crippen molar-refractivity contribution < 1.29 is 4.79 Å². The molecule has 0 aliphatic carbocycles. The lowest BCUT2D eigenvalue weighted by Gasteiger charge is -2.19. The normalized spacial score (nSPS) is 12.6. The van der Waals surface area contributed by atoms with Crippen LogP contribution in [0.5, 0.6) is 0 Å². The average molecular weight is 340 g/mol. The van der Waals surface area contributed by atoms with Crippen LogP contribution in [0, 0.1) is 6.92 Å². The van der Waals surface area contributed by atoms with Gasteiger partial charge in [0.15, 0.2) is 0 Å². The fraction of sp³-hybridized carbons (Fsp3) is 0.450. The molecule has 0 aliphatic rings. The van der Waals surface area contributed by atoms with Crippen molar-refractivity contribution >= 4 is 17.5 Å². The predicted molar refractivity (Wildman–Crippen MR) is 103 cm³/mol. The van der Waals surface area contributed by atoms with Gasteiger partial charge in [-0.25, -0.2) is 9.97 Å². The number of hydrogen-bond donors (Lipinski definition) is 2. The van der Waals surface area contributed by atoms with E-state index in [4.69, 9.17) is 0 Å². The zero-order chi connectivity index (χ0) is 18.6. The zero-order valence-electron chi connectivity index (χ0n) is 16.0. The smallest absolute Gasteiger partial charge is 0.274 e. The van der Waals surface area contributed by atoms with Gasteiger partial charge in [-0.1, -0.05) is 39.8 Å². The molecule has 25 heavy (non-hydrogen) atoms. The molecule has 0 bridgehead atoms. The maximum atomic E-state index is 12.5. The topological polar surface area (TPSA) is 66.9 Å². The van der Waals surface area contributed by atoms with Crippen molar-refractivity contribution in [3.05, 3.63) is 47.3 Å². The van der Waals surface area contributed by atoms with E-state index in [0.29, 0.717) is 11.6 Å². The summed E-state index contributed by atoms with van der Waals surface area (Å²) >= 11 is 0. The minimum absolute atomic E-state index is 0.0862. The third kappa shape index (κ3) is 5.28. The van der Waals surface area contributed by atoms with Crippen LogP contribution in [0.1, 0.15) is 62.8 Å². The highest BCUT2D eigenvalue weighted by Crippen LogP contribution is 2.23. The molecule has 1 aromatic heterocycles. The van der Waals surface area contributed by atoms with Crippen LogP contribution in [0.15, 0.2) is 30.3 Å². The molecule has 1 aromatic carbocycles. The second kappa shape index (κ2) is 7.64. The molecule has 1 heterocycles. The van der Waals surface area contributed by atoms with Gasteiger partial charge >= 0.3 is 0 Å². The van der Waals surface area contributed by atoms with Crippen LogP contribution in [-0.4, -0.2) is 21.9 Å². The first-order valence-corrected chi connectivity index (χ1v) is 8.73. The summed E-state index contributed by atoms with van der Waals surface area (Å²) < 4.78 is 0. The fourth-order valence-electron chi connectivity index (χ4n) is 2.32. The second-order valence-corrected chi connectivity index (χ2v) is 7.45. The minimum atomic E-state index is -0.235. The fourth-order valence-corrected chi connectivity index (χ4v) is 2.32. The van der Waals surface area contributed by atoms with Crippen LogP contribution in [0.4, 0.5) is 11.6 Å². The molecule has 0 spiro atoms. The summed E-state index contributed by atoms with van der Waals surface area (Å²) in [4.78, 5) is 21.2. The molecule has 134 valence electrons. The van der Waals surface area contributed by atoms with Crippen LogP contribution < -0.4 is 10.6 Å². The standard InChI is InChI=1S/C20H28N4O/c1-7-13(2)21-19-22-14(3)12-17(24-19)18(25)23-16-10-8-15(9-11-16)20(4,5)6/h8-13H,7H2,1-6H3,(H,23,25)(H,21,22,24). The third-order valence-electron chi connectivity index (χ3n) is 4.08. The van der Waals surface area contributed by atoms with Crippen LogP contribution in [0.2, 0.25) is 0 Å². The van der Waals surface area contributed by atoms with Gasteiger partial charge in [-0.2, -0.15) is 0 Å². The lowest BCUT2D eigenvalue weighted by molar-refractivity contribution is 0.102. The maximum absolute atomic E-state index is 12.5. The number of hydrogen-bond acceptors (Lipinski definition) is 4. The van der Waals surface area contributed by atoms with Crippen molar-refractivity contribution in [2.75, 3.05) is 10.6 Å². The summed E-state index contributed by atoms with van der Waals surface area (Å²) in [7, 11) is 0. The molecule has 0 fully saturated rings. The van der Waals surface area contributed by atoms with Gasteiger partial charge in [0.2, 0.25) is 5.95 Å². The molecular weight excluding hydrogens is 312 g/mol. The monoisotopic (exact) mass is 340 g/mol. The molecule has 1 atom stereocenters. The van der Waals surface area contributed by atoms with E-state index >= 15 is 0 Å². The zero-order valence-corrected chi connectivity index (χ0v) is 16.0. The molecular formula is C20H28N4O. The number of amides is 1. The van der Waals surface area contributed by atoms with Crippen LogP contribution in [0.25, 0.3) is 0 Å². The summed E-state index contributed by atoms with van der Waals surface area (Å²) in [6, 6.07) is 9.87. The van der Waals surface area contributed by atoms with Crippen molar-refractivity contribution in [3.8, 4) is 0 Å². The van der Waals surface area contributed by atoms with Gasteiger partial charge < -0.3 is 10.6 Å². The van der Waals surface area contributed by atoms with Gasteiger partial charge in [0.25, 0.3) is 5.91 Å². The van der Waals surface area contributed by atoms with Crippen LogP contribution in [0.3, 0.4) is 0 Å². The van der Waals surface area contributed by atoms with E-state index in [9.17, 15) is 4.79 Å². The summed E-state index contributed by atoms with van der Waals surface area (Å²) in [6.07, 6.45) is 0.957. The Kier molecular flexibility index (Phi) is 5.77. The Hall–Kier alpha value is -2.43. The van der Waals surface area contributed by atoms with Crippen molar-refractivity contribution in [1.82, 2.24) is 9.97 Å². The number of aryl methyl sites for hydroxylation is 1. The number of carbonyl (C=O) groups is 1. The molecule has 0 aliphatic heterocycles. The van der Waals surface area contributed by atoms with Gasteiger partial charge in [0, 0.05) is 17.4 Å². The molecule has 5 heteroatoms. The first-order valence-electron chi connectivity index (χ1n) is 8.73. The van der Waals surface area contributed by atoms with Gasteiger partial charge in [-0.05, 0) is 49.4 Å². The second-order valence-electron chi connectivity index (χ2n) is 7.45. The molecule has 2 rings (SSSR count). The Bertz CT molecular complexity index is 732. The number of carbonyl (C=O) groups excluding carboxylic acids is 1. The van der Waals surface area contributed by atoms with E-state index in [2.05, 4.69) is 55.2 Å². The molecule has 2 aromatic rings. The van der Waals surface area contributed by atoms with Gasteiger partial charge in [0.05, 0.1) is 0 Å². The number of nitrogens with one attached hydrogen (secondary N) is 2. The Labute approximate surface area is 150 Å². The van der Waals surface area contributed by atoms with E-state index in [0.717, 1.165) is 17.8 Å². The van der Waals surface area contributed by atoms with Crippen molar-refractivity contribution in [3.63, 3.8) is 0 Å². The number of benzene rings is 1. The summed E-state index contributed by atoms with van der Waals surface area (Å²) in [5.74, 6) is 0.254. The largest absolute Gasteiger partial charge is 0.352 e. The van der Waals surface area contributed by atoms with E-state index in [1.54, 1.807) is 6.07 Å². The Morgan fingerprint density at radius 1 is 1.16 bits per heavy atom. The molecule has 0 saturated carbocycles. The number of nitrogens with zero attached hydrogens (tertiary/aromatic N) is 2. The number of rotatable bonds is 5. The lowest BCUT2D eigenvalue weighted by atomic mass is 9.87. The maximum Gasteiger partial charge on any atom is 0.274 e. The Balaban J connectivity index is 2.15. The first-order chi connectivity index (χ1) is 11.7. The minimum Gasteiger partial charge on any atom is -0.352 e. The molecule has 0 radical (unpaired) electrons. The lowest BCUT2D eigenvalue weighted by Crippen LogP contribution is -2.19. The Morgan fingerprint density at radius 3 is 2.36 bits per heavy atom. The first kappa shape index (κ1) is 18.9. The van der Waals surface area contributed by atoms with E-state index in [1.807, 2.05) is 31.2 Å². The molecule has 0 saturated heterocycles. The van der Waals surface area contributed by atoms with E-state index < -0.39 is 0 Å². The molecule has 2 N–H and O–H groups in total. The van der Waals surface area contributed by atoms with Gasteiger partial charge in [-0.3, -0.25) is 4.79 Å². The predicted octanol–water partition coefficient (Wildman–Crippen LogP) is 4.55. The van der Waals surface area contributed by atoms with Crippen molar-refractivity contribution in [2.24, 2.45) is 0 Å².